The standard InChI is InChI=1S/C15H20O4/c1-12(16)11-13-6-8-14(9-7-13)19-10-4-2-3-5-15(17)18/h6-9H,2-5,10-11H2,1H3,(H,17,18). The topological polar surface area (TPSA) is 63.6 Å². The number of carboxylic acid groups (broad SMARTS) is 1. The molecule has 104 valence electrons. The molecule has 0 radical (unpaired) electrons. The zero-order valence-electron chi connectivity index (χ0n) is 11.2. The van der Waals surface area contributed by atoms with Crippen molar-refractivity contribution in [1.82, 2.24) is 0 Å². The van der Waals surface area contributed by atoms with Crippen molar-refractivity contribution in [2.45, 2.75) is 39.0 Å². The van der Waals surface area contributed by atoms with Crippen LogP contribution in [0.15, 0.2) is 24.3 Å². The highest BCUT2D eigenvalue weighted by molar-refractivity contribution is 5.78. The number of hydrogen-bond acceptors (Lipinski definition) is 3. The first-order valence-corrected chi connectivity index (χ1v) is 6.51. The van der Waals surface area contributed by atoms with Crippen LogP contribution in [0.4, 0.5) is 0 Å². The van der Waals surface area contributed by atoms with Gasteiger partial charge in [-0.2, -0.15) is 0 Å². The summed E-state index contributed by atoms with van der Waals surface area (Å²) in [5.41, 5.74) is 0.987. The fraction of sp³-hybridized carbons (Fsp3) is 0.467. The van der Waals surface area contributed by atoms with Crippen molar-refractivity contribution in [2.75, 3.05) is 6.61 Å². The van der Waals surface area contributed by atoms with Gasteiger partial charge in [0.1, 0.15) is 11.5 Å². The summed E-state index contributed by atoms with van der Waals surface area (Å²) < 4.78 is 5.54. The molecule has 0 aliphatic rings. The Bertz CT molecular complexity index is 409. The summed E-state index contributed by atoms with van der Waals surface area (Å²) in [5, 5.41) is 8.48. The van der Waals surface area contributed by atoms with Crippen LogP contribution in [0.3, 0.4) is 0 Å². The molecule has 0 aliphatic heterocycles. The summed E-state index contributed by atoms with van der Waals surface area (Å²) in [6.07, 6.45) is 3.07. The van der Waals surface area contributed by atoms with Crippen LogP contribution in [0.5, 0.6) is 5.75 Å². The Kier molecular flexibility index (Phi) is 6.64. The minimum Gasteiger partial charge on any atom is -0.494 e. The van der Waals surface area contributed by atoms with E-state index in [9.17, 15) is 9.59 Å². The van der Waals surface area contributed by atoms with Crippen molar-refractivity contribution >= 4 is 11.8 Å². The number of carbonyl (C=O) groups excluding carboxylic acids is 1. The summed E-state index contributed by atoms with van der Waals surface area (Å²) >= 11 is 0. The van der Waals surface area contributed by atoms with E-state index in [0.29, 0.717) is 19.4 Å². The van der Waals surface area contributed by atoms with Crippen LogP contribution in [0, 0.1) is 0 Å². The number of rotatable bonds is 9. The van der Waals surface area contributed by atoms with Crippen LogP contribution in [-0.4, -0.2) is 23.5 Å². The van der Waals surface area contributed by atoms with Crippen molar-refractivity contribution in [2.24, 2.45) is 0 Å². The molecule has 0 saturated heterocycles. The van der Waals surface area contributed by atoms with E-state index in [1.54, 1.807) is 6.92 Å². The summed E-state index contributed by atoms with van der Waals surface area (Å²) in [7, 11) is 0. The van der Waals surface area contributed by atoms with Gasteiger partial charge in [0.05, 0.1) is 6.61 Å². The summed E-state index contributed by atoms with van der Waals surface area (Å²) in [6.45, 7) is 2.16. The maximum absolute atomic E-state index is 10.9. The Balaban J connectivity index is 2.19. The van der Waals surface area contributed by atoms with Gasteiger partial charge in [-0.15, -0.1) is 0 Å². The van der Waals surface area contributed by atoms with Crippen LogP contribution < -0.4 is 4.74 Å². The molecule has 4 heteroatoms. The zero-order valence-corrected chi connectivity index (χ0v) is 11.2. The van der Waals surface area contributed by atoms with Gasteiger partial charge in [0.25, 0.3) is 0 Å². The largest absolute Gasteiger partial charge is 0.494 e. The van der Waals surface area contributed by atoms with E-state index in [4.69, 9.17) is 9.84 Å². The lowest BCUT2D eigenvalue weighted by molar-refractivity contribution is -0.137. The zero-order chi connectivity index (χ0) is 14.1. The third-order valence-electron chi connectivity index (χ3n) is 2.68. The molecule has 0 heterocycles. The Hall–Kier alpha value is -1.84. The van der Waals surface area contributed by atoms with E-state index in [0.717, 1.165) is 24.2 Å². The number of Topliss-reactive ketones (excluding diaryl/α,β-unsaturated/α-hetero) is 1. The quantitative estimate of drug-likeness (QED) is 0.697. The minimum absolute atomic E-state index is 0.145. The number of ketones is 1. The molecule has 1 N–H and O–H groups in total. The monoisotopic (exact) mass is 264 g/mol. The van der Waals surface area contributed by atoms with Gasteiger partial charge in [-0.1, -0.05) is 12.1 Å². The van der Waals surface area contributed by atoms with E-state index in [2.05, 4.69) is 0 Å². The molecule has 0 aliphatic carbocycles. The van der Waals surface area contributed by atoms with Crippen molar-refractivity contribution in [3.05, 3.63) is 29.8 Å². The van der Waals surface area contributed by atoms with Crippen LogP contribution in [0.1, 0.15) is 38.2 Å². The van der Waals surface area contributed by atoms with Gasteiger partial charge in [-0.05, 0) is 43.9 Å². The van der Waals surface area contributed by atoms with Crippen LogP contribution in [0.2, 0.25) is 0 Å². The highest BCUT2D eigenvalue weighted by Crippen LogP contribution is 2.13. The molecule has 0 fully saturated rings. The molecule has 0 bridgehead atoms. The summed E-state index contributed by atoms with van der Waals surface area (Å²) in [6, 6.07) is 7.49. The maximum Gasteiger partial charge on any atom is 0.303 e. The predicted molar refractivity (Wildman–Crippen MR) is 72.4 cm³/mol. The number of carboxylic acids is 1. The van der Waals surface area contributed by atoms with Crippen molar-refractivity contribution in [3.63, 3.8) is 0 Å². The highest BCUT2D eigenvalue weighted by atomic mass is 16.5. The van der Waals surface area contributed by atoms with E-state index >= 15 is 0 Å². The number of benzene rings is 1. The Morgan fingerprint density at radius 1 is 1.11 bits per heavy atom. The predicted octanol–water partition coefficient (Wildman–Crippen LogP) is 2.84. The number of hydrogen-bond donors (Lipinski definition) is 1. The SMILES string of the molecule is CC(=O)Cc1ccc(OCCCCCC(=O)O)cc1. The lowest BCUT2D eigenvalue weighted by atomic mass is 10.1. The van der Waals surface area contributed by atoms with Gasteiger partial charge in [-0.25, -0.2) is 0 Å². The van der Waals surface area contributed by atoms with Crippen LogP contribution in [-0.2, 0) is 16.0 Å². The fourth-order valence-electron chi connectivity index (χ4n) is 1.74. The molecule has 0 atom stereocenters. The lowest BCUT2D eigenvalue weighted by Crippen LogP contribution is -2.00. The fourth-order valence-corrected chi connectivity index (χ4v) is 1.74. The second-order valence-corrected chi connectivity index (χ2v) is 4.58. The third-order valence-corrected chi connectivity index (χ3v) is 2.68. The van der Waals surface area contributed by atoms with Crippen molar-refractivity contribution in [3.8, 4) is 5.75 Å². The van der Waals surface area contributed by atoms with Crippen molar-refractivity contribution < 1.29 is 19.4 Å². The molecule has 19 heavy (non-hydrogen) atoms. The molecule has 4 nitrogen and oxygen atoms in total. The average Bonchev–Trinajstić information content (AvgIpc) is 2.34. The van der Waals surface area contributed by atoms with Crippen LogP contribution >= 0.6 is 0 Å². The van der Waals surface area contributed by atoms with E-state index in [1.165, 1.54) is 0 Å². The first-order valence-electron chi connectivity index (χ1n) is 6.51. The van der Waals surface area contributed by atoms with Gasteiger partial charge in [0.2, 0.25) is 0 Å². The number of unbranched alkanes of at least 4 members (excludes halogenated alkanes) is 2. The summed E-state index contributed by atoms with van der Waals surface area (Å²) in [4.78, 5) is 21.3. The van der Waals surface area contributed by atoms with Crippen molar-refractivity contribution in [1.29, 1.82) is 0 Å². The number of carbonyl (C=O) groups is 2. The Morgan fingerprint density at radius 2 is 1.79 bits per heavy atom. The molecule has 1 rings (SSSR count). The van der Waals surface area contributed by atoms with Gasteiger partial charge < -0.3 is 9.84 Å². The molecule has 0 unspecified atom stereocenters. The Labute approximate surface area is 113 Å². The first-order chi connectivity index (χ1) is 9.08. The molecule has 1 aromatic carbocycles. The molecule has 1 aromatic rings. The first kappa shape index (κ1) is 15.2. The number of aliphatic carboxylic acids is 1. The Morgan fingerprint density at radius 3 is 2.37 bits per heavy atom. The second-order valence-electron chi connectivity index (χ2n) is 4.58. The van der Waals surface area contributed by atoms with E-state index in [-0.39, 0.29) is 12.2 Å². The van der Waals surface area contributed by atoms with E-state index < -0.39 is 5.97 Å². The lowest BCUT2D eigenvalue weighted by Gasteiger charge is -2.06. The van der Waals surface area contributed by atoms with Gasteiger partial charge >= 0.3 is 5.97 Å². The van der Waals surface area contributed by atoms with Crippen LogP contribution in [0.25, 0.3) is 0 Å². The molecule has 0 aromatic heterocycles. The highest BCUT2D eigenvalue weighted by Gasteiger charge is 1.99. The molecular formula is C15H20O4. The van der Waals surface area contributed by atoms with Gasteiger partial charge in [0, 0.05) is 12.8 Å². The maximum atomic E-state index is 10.9. The molecule has 0 saturated carbocycles. The number of ether oxygens (including phenoxy) is 1. The average molecular weight is 264 g/mol. The van der Waals surface area contributed by atoms with E-state index in [1.807, 2.05) is 24.3 Å². The normalized spacial score (nSPS) is 10.2. The second kappa shape index (κ2) is 8.29. The van der Waals surface area contributed by atoms with Gasteiger partial charge in [-0.3, -0.25) is 9.59 Å². The molecule has 0 amide bonds. The molecular weight excluding hydrogens is 244 g/mol. The minimum atomic E-state index is -0.748. The van der Waals surface area contributed by atoms with Gasteiger partial charge in [0.15, 0.2) is 0 Å². The molecule has 0 spiro atoms. The smallest absolute Gasteiger partial charge is 0.303 e. The third kappa shape index (κ3) is 7.24. The summed E-state index contributed by atoms with van der Waals surface area (Å²) in [5.74, 6) is 0.180.